The number of nitrogens with one attached hydrogen (secondary N) is 1. The molecule has 7 heteroatoms. The Labute approximate surface area is 115 Å². The normalized spacial score (nSPS) is 32.0. The first kappa shape index (κ1) is 13.5. The highest BCUT2D eigenvalue weighted by Gasteiger charge is 2.51. The fraction of sp³-hybridized carbons (Fsp3) is 0.692. The topological polar surface area (TPSA) is 82.6 Å². The maximum atomic E-state index is 11.9. The summed E-state index contributed by atoms with van der Waals surface area (Å²) in [6.07, 6.45) is 1.59. The van der Waals surface area contributed by atoms with E-state index in [-0.39, 0.29) is 5.56 Å². The molecule has 2 aliphatic heterocycles. The Kier molecular flexibility index (Phi) is 2.89. The minimum Gasteiger partial charge on any atom is -0.355 e. The van der Waals surface area contributed by atoms with Crippen LogP contribution in [0.4, 0.5) is 0 Å². The Bertz CT molecular complexity index is 647. The van der Waals surface area contributed by atoms with Crippen LogP contribution in [-0.2, 0) is 14.2 Å². The number of hydrogen-bond donors (Lipinski definition) is 1. The molecular weight excluding hydrogens is 264 g/mol. The molecule has 3 heterocycles. The Balaban J connectivity index is 1.87. The number of aromatic amines is 1. The molecule has 1 spiro atoms. The van der Waals surface area contributed by atoms with E-state index in [0.717, 1.165) is 0 Å². The Morgan fingerprint density at radius 1 is 1.35 bits per heavy atom. The lowest BCUT2D eigenvalue weighted by Crippen LogP contribution is -2.36. The van der Waals surface area contributed by atoms with Gasteiger partial charge in [0.15, 0.2) is 5.79 Å². The summed E-state index contributed by atoms with van der Waals surface area (Å²) in [4.78, 5) is 25.5. The SMILES string of the molecule is Cc1cn([C@H]2CC3(CO2)COC(C)(C)O3)c(=O)[nH]c1=O. The van der Waals surface area contributed by atoms with Crippen LogP contribution in [0.1, 0.15) is 32.1 Å². The van der Waals surface area contributed by atoms with Crippen LogP contribution in [0.2, 0.25) is 0 Å². The molecule has 0 bridgehead atoms. The van der Waals surface area contributed by atoms with Gasteiger partial charge in [-0.15, -0.1) is 0 Å². The molecule has 1 aromatic rings. The third-order valence-electron chi connectivity index (χ3n) is 3.69. The van der Waals surface area contributed by atoms with Crippen LogP contribution in [0.3, 0.4) is 0 Å². The third kappa shape index (κ3) is 2.21. The molecule has 7 nitrogen and oxygen atoms in total. The van der Waals surface area contributed by atoms with Gasteiger partial charge >= 0.3 is 5.69 Å². The van der Waals surface area contributed by atoms with E-state index in [1.165, 1.54) is 10.8 Å². The van der Waals surface area contributed by atoms with E-state index in [0.29, 0.717) is 25.2 Å². The van der Waals surface area contributed by atoms with Gasteiger partial charge in [-0.05, 0) is 20.8 Å². The van der Waals surface area contributed by atoms with Gasteiger partial charge in [0.1, 0.15) is 11.8 Å². The molecule has 0 aromatic carbocycles. The molecule has 0 amide bonds. The van der Waals surface area contributed by atoms with E-state index in [4.69, 9.17) is 14.2 Å². The summed E-state index contributed by atoms with van der Waals surface area (Å²) in [5.74, 6) is -0.635. The molecule has 1 N–H and O–H groups in total. The van der Waals surface area contributed by atoms with Gasteiger partial charge in [-0.25, -0.2) is 4.79 Å². The Hall–Kier alpha value is -1.44. The lowest BCUT2D eigenvalue weighted by molar-refractivity contribution is -0.160. The van der Waals surface area contributed by atoms with Crippen LogP contribution in [0.5, 0.6) is 0 Å². The lowest BCUT2D eigenvalue weighted by Gasteiger charge is -2.23. The minimum absolute atomic E-state index is 0.367. The molecule has 2 saturated heterocycles. The molecule has 110 valence electrons. The molecule has 0 saturated carbocycles. The molecule has 1 aromatic heterocycles. The van der Waals surface area contributed by atoms with Crippen molar-refractivity contribution in [2.75, 3.05) is 13.2 Å². The average Bonchev–Trinajstić information content (AvgIpc) is 2.88. The molecule has 2 aliphatic rings. The average molecular weight is 282 g/mol. The second-order valence-electron chi connectivity index (χ2n) is 5.92. The summed E-state index contributed by atoms with van der Waals surface area (Å²) in [5.41, 5.74) is -0.892. The molecule has 0 radical (unpaired) electrons. The summed E-state index contributed by atoms with van der Waals surface area (Å²) >= 11 is 0. The van der Waals surface area contributed by atoms with Crippen molar-refractivity contribution in [2.24, 2.45) is 0 Å². The van der Waals surface area contributed by atoms with Crippen molar-refractivity contribution >= 4 is 0 Å². The van der Waals surface area contributed by atoms with E-state index >= 15 is 0 Å². The summed E-state index contributed by atoms with van der Waals surface area (Å²) in [5, 5.41) is 0. The van der Waals surface area contributed by atoms with Gasteiger partial charge in [0.25, 0.3) is 5.56 Å². The van der Waals surface area contributed by atoms with Gasteiger partial charge < -0.3 is 14.2 Å². The van der Waals surface area contributed by atoms with Crippen molar-refractivity contribution in [3.05, 3.63) is 32.6 Å². The van der Waals surface area contributed by atoms with Crippen molar-refractivity contribution in [1.82, 2.24) is 9.55 Å². The zero-order valence-corrected chi connectivity index (χ0v) is 11.8. The number of aryl methyl sites for hydroxylation is 1. The smallest absolute Gasteiger partial charge is 0.330 e. The second-order valence-corrected chi connectivity index (χ2v) is 5.92. The van der Waals surface area contributed by atoms with Crippen molar-refractivity contribution < 1.29 is 14.2 Å². The first-order valence-electron chi connectivity index (χ1n) is 6.58. The highest BCUT2D eigenvalue weighted by molar-refractivity contribution is 5.03. The number of rotatable bonds is 1. The number of nitrogens with zero attached hydrogens (tertiary/aromatic N) is 1. The largest absolute Gasteiger partial charge is 0.355 e. The number of H-pyrrole nitrogens is 1. The first-order chi connectivity index (χ1) is 9.30. The van der Waals surface area contributed by atoms with Gasteiger partial charge in [0, 0.05) is 18.2 Å². The van der Waals surface area contributed by atoms with E-state index in [1.807, 2.05) is 13.8 Å². The van der Waals surface area contributed by atoms with E-state index in [9.17, 15) is 9.59 Å². The Morgan fingerprint density at radius 3 is 2.75 bits per heavy atom. The predicted molar refractivity (Wildman–Crippen MR) is 69.5 cm³/mol. The summed E-state index contributed by atoms with van der Waals surface area (Å²) in [6.45, 7) is 6.16. The fourth-order valence-electron chi connectivity index (χ4n) is 2.72. The molecule has 2 atom stereocenters. The second kappa shape index (κ2) is 4.28. The summed E-state index contributed by atoms with van der Waals surface area (Å²) in [7, 11) is 0. The van der Waals surface area contributed by atoms with Crippen molar-refractivity contribution in [2.45, 2.75) is 44.8 Å². The third-order valence-corrected chi connectivity index (χ3v) is 3.69. The number of hydrogen-bond acceptors (Lipinski definition) is 5. The van der Waals surface area contributed by atoms with Crippen LogP contribution in [0, 0.1) is 6.92 Å². The van der Waals surface area contributed by atoms with Crippen molar-refractivity contribution in [1.29, 1.82) is 0 Å². The maximum absolute atomic E-state index is 11.9. The maximum Gasteiger partial charge on any atom is 0.330 e. The van der Waals surface area contributed by atoms with Gasteiger partial charge in [-0.1, -0.05) is 0 Å². The quantitative estimate of drug-likeness (QED) is 0.800. The van der Waals surface area contributed by atoms with Crippen LogP contribution in [0.25, 0.3) is 0 Å². The molecular formula is C13H18N2O5. The van der Waals surface area contributed by atoms with Gasteiger partial charge in [0.05, 0.1) is 13.2 Å². The molecule has 2 fully saturated rings. The van der Waals surface area contributed by atoms with E-state index < -0.39 is 23.3 Å². The lowest BCUT2D eigenvalue weighted by atomic mass is 10.0. The minimum atomic E-state index is -0.635. The zero-order chi connectivity index (χ0) is 14.5. The summed E-state index contributed by atoms with van der Waals surface area (Å²) in [6, 6.07) is 0. The van der Waals surface area contributed by atoms with Crippen LogP contribution in [-0.4, -0.2) is 34.2 Å². The highest BCUT2D eigenvalue weighted by Crippen LogP contribution is 2.41. The van der Waals surface area contributed by atoms with Gasteiger partial charge in [0.2, 0.25) is 0 Å². The van der Waals surface area contributed by atoms with E-state index in [1.54, 1.807) is 6.92 Å². The van der Waals surface area contributed by atoms with Crippen LogP contribution >= 0.6 is 0 Å². The van der Waals surface area contributed by atoms with Gasteiger partial charge in [-0.2, -0.15) is 0 Å². The summed E-state index contributed by atoms with van der Waals surface area (Å²) < 4.78 is 18.6. The first-order valence-corrected chi connectivity index (χ1v) is 6.58. The zero-order valence-electron chi connectivity index (χ0n) is 11.8. The molecule has 20 heavy (non-hydrogen) atoms. The molecule has 3 rings (SSSR count). The number of ether oxygens (including phenoxy) is 3. The van der Waals surface area contributed by atoms with Crippen LogP contribution < -0.4 is 11.2 Å². The van der Waals surface area contributed by atoms with Gasteiger partial charge in [-0.3, -0.25) is 14.3 Å². The standard InChI is InChI=1S/C13H18N2O5/c1-8-5-15(11(17)14-10(8)16)9-4-13(6-18-9)7-19-12(2,3)20-13/h5,9H,4,6-7H2,1-3H3,(H,14,16,17)/t9-,13?/m1/s1. The monoisotopic (exact) mass is 282 g/mol. The van der Waals surface area contributed by atoms with E-state index in [2.05, 4.69) is 4.98 Å². The highest BCUT2D eigenvalue weighted by atomic mass is 16.8. The Morgan fingerprint density at radius 2 is 2.10 bits per heavy atom. The van der Waals surface area contributed by atoms with Crippen molar-refractivity contribution in [3.8, 4) is 0 Å². The molecule has 1 unspecified atom stereocenters. The predicted octanol–water partition coefficient (Wildman–Crippen LogP) is 0.286. The van der Waals surface area contributed by atoms with Crippen LogP contribution in [0.15, 0.2) is 15.8 Å². The number of aromatic nitrogens is 2. The van der Waals surface area contributed by atoms with Crippen molar-refractivity contribution in [3.63, 3.8) is 0 Å². The molecule has 0 aliphatic carbocycles. The fourth-order valence-corrected chi connectivity index (χ4v) is 2.72.